The molecule has 3 heteroatoms. The van der Waals surface area contributed by atoms with Crippen molar-refractivity contribution in [1.29, 1.82) is 0 Å². The third-order valence-electron chi connectivity index (χ3n) is 4.18. The molecule has 1 atom stereocenters. The van der Waals surface area contributed by atoms with Crippen LogP contribution in [-0.4, -0.2) is 43.4 Å². The average molecular weight is 263 g/mol. The molecule has 19 heavy (non-hydrogen) atoms. The van der Waals surface area contributed by atoms with E-state index in [1.807, 2.05) is 12.1 Å². The van der Waals surface area contributed by atoms with Gasteiger partial charge >= 0.3 is 0 Å². The lowest BCUT2D eigenvalue weighted by atomic mass is 9.80. The minimum absolute atomic E-state index is 0.177. The van der Waals surface area contributed by atoms with Gasteiger partial charge in [-0.3, -0.25) is 0 Å². The zero-order valence-corrected chi connectivity index (χ0v) is 12.2. The Morgan fingerprint density at radius 1 is 1.21 bits per heavy atom. The van der Waals surface area contributed by atoms with Crippen molar-refractivity contribution in [2.45, 2.75) is 37.2 Å². The molecule has 0 radical (unpaired) electrons. The minimum Gasteiger partial charge on any atom is -0.497 e. The first-order chi connectivity index (χ1) is 9.05. The maximum absolute atomic E-state index is 10.9. The molecule has 0 amide bonds. The number of ether oxygens (including phenoxy) is 1. The third kappa shape index (κ3) is 3.28. The quantitative estimate of drug-likeness (QED) is 0.886. The van der Waals surface area contributed by atoms with Crippen LogP contribution in [-0.2, 0) is 0 Å². The highest BCUT2D eigenvalue weighted by Crippen LogP contribution is 2.41. The number of hydrogen-bond donors (Lipinski definition) is 1. The van der Waals surface area contributed by atoms with Crippen molar-refractivity contribution in [3.8, 4) is 5.75 Å². The van der Waals surface area contributed by atoms with Crippen LogP contribution in [0.4, 0.5) is 0 Å². The molecule has 1 aliphatic rings. The Kier molecular flexibility index (Phi) is 4.48. The first-order valence-electron chi connectivity index (χ1n) is 7.06. The molecule has 3 nitrogen and oxygen atoms in total. The summed E-state index contributed by atoms with van der Waals surface area (Å²) in [5.74, 6) is 1.04. The van der Waals surface area contributed by atoms with E-state index in [2.05, 4.69) is 31.1 Å². The second-order valence-electron chi connectivity index (χ2n) is 5.90. The van der Waals surface area contributed by atoms with Gasteiger partial charge in [-0.1, -0.05) is 25.0 Å². The number of likely N-dealkylation sites (N-methyl/N-ethyl adjacent to an activating group) is 1. The van der Waals surface area contributed by atoms with Gasteiger partial charge in [0.1, 0.15) is 5.75 Å². The highest BCUT2D eigenvalue weighted by molar-refractivity contribution is 5.31. The molecule has 106 valence electrons. The Morgan fingerprint density at radius 3 is 2.26 bits per heavy atom. The van der Waals surface area contributed by atoms with E-state index in [1.165, 1.54) is 5.56 Å². The van der Waals surface area contributed by atoms with Gasteiger partial charge in [0.2, 0.25) is 0 Å². The van der Waals surface area contributed by atoms with Crippen molar-refractivity contribution in [3.63, 3.8) is 0 Å². The summed E-state index contributed by atoms with van der Waals surface area (Å²) >= 11 is 0. The van der Waals surface area contributed by atoms with Crippen LogP contribution in [0, 0.1) is 0 Å². The zero-order chi connectivity index (χ0) is 13.9. The van der Waals surface area contributed by atoms with Gasteiger partial charge in [-0.05, 0) is 44.6 Å². The maximum Gasteiger partial charge on any atom is 0.118 e. The van der Waals surface area contributed by atoms with Crippen molar-refractivity contribution < 1.29 is 9.84 Å². The van der Waals surface area contributed by atoms with E-state index in [-0.39, 0.29) is 5.92 Å². The van der Waals surface area contributed by atoms with Crippen LogP contribution in [0.15, 0.2) is 24.3 Å². The predicted octanol–water partition coefficient (Wildman–Crippen LogP) is 2.65. The van der Waals surface area contributed by atoms with E-state index in [4.69, 9.17) is 4.74 Å². The zero-order valence-electron chi connectivity index (χ0n) is 12.2. The van der Waals surface area contributed by atoms with Crippen LogP contribution in [0.25, 0.3) is 0 Å². The molecular weight excluding hydrogens is 238 g/mol. The monoisotopic (exact) mass is 263 g/mol. The van der Waals surface area contributed by atoms with Crippen molar-refractivity contribution in [2.24, 2.45) is 0 Å². The van der Waals surface area contributed by atoms with Gasteiger partial charge in [-0.15, -0.1) is 0 Å². The van der Waals surface area contributed by atoms with E-state index in [1.54, 1.807) is 7.11 Å². The van der Waals surface area contributed by atoms with Crippen LogP contribution >= 0.6 is 0 Å². The Labute approximate surface area is 116 Å². The Balaban J connectivity index is 2.25. The van der Waals surface area contributed by atoms with Crippen molar-refractivity contribution in [1.82, 2.24) is 4.90 Å². The number of rotatable bonds is 5. The summed E-state index contributed by atoms with van der Waals surface area (Å²) in [4.78, 5) is 2.16. The van der Waals surface area contributed by atoms with E-state index in [0.717, 1.165) is 38.0 Å². The smallest absolute Gasteiger partial charge is 0.118 e. The largest absolute Gasteiger partial charge is 0.497 e. The highest BCUT2D eigenvalue weighted by atomic mass is 16.5. The van der Waals surface area contributed by atoms with E-state index >= 15 is 0 Å². The fraction of sp³-hybridized carbons (Fsp3) is 0.625. The van der Waals surface area contributed by atoms with Crippen LogP contribution < -0.4 is 4.74 Å². The molecule has 2 rings (SSSR count). The molecule has 0 bridgehead atoms. The number of benzene rings is 1. The molecule has 1 aliphatic carbocycles. The molecule has 0 aliphatic heterocycles. The van der Waals surface area contributed by atoms with Gasteiger partial charge < -0.3 is 14.7 Å². The predicted molar refractivity (Wildman–Crippen MR) is 77.7 cm³/mol. The van der Waals surface area contributed by atoms with Crippen LogP contribution in [0.3, 0.4) is 0 Å². The number of methoxy groups -OCH3 is 1. The molecule has 1 N–H and O–H groups in total. The Morgan fingerprint density at radius 2 is 1.79 bits per heavy atom. The van der Waals surface area contributed by atoms with Crippen molar-refractivity contribution >= 4 is 0 Å². The summed E-state index contributed by atoms with van der Waals surface area (Å²) in [7, 11) is 5.81. The first-order valence-corrected chi connectivity index (χ1v) is 7.06. The highest BCUT2D eigenvalue weighted by Gasteiger charge is 2.40. The van der Waals surface area contributed by atoms with Gasteiger partial charge in [0.15, 0.2) is 0 Å². The lowest BCUT2D eigenvalue weighted by molar-refractivity contribution is 0.0106. The molecular formula is C16H25NO2. The first kappa shape index (κ1) is 14.4. The minimum atomic E-state index is -0.543. The lowest BCUT2D eigenvalue weighted by Gasteiger charge is -2.35. The third-order valence-corrected chi connectivity index (χ3v) is 4.18. The molecule has 0 aromatic heterocycles. The summed E-state index contributed by atoms with van der Waals surface area (Å²) < 4.78 is 5.21. The number of aliphatic hydroxyl groups is 1. The normalized spacial score (nSPS) is 19.6. The Bertz CT molecular complexity index is 394. The van der Waals surface area contributed by atoms with Crippen LogP contribution in [0.1, 0.15) is 37.2 Å². The van der Waals surface area contributed by atoms with Gasteiger partial charge in [0, 0.05) is 12.5 Å². The van der Waals surface area contributed by atoms with E-state index in [9.17, 15) is 5.11 Å². The fourth-order valence-corrected chi connectivity index (χ4v) is 3.12. The molecule has 1 aromatic rings. The molecule has 1 aromatic carbocycles. The lowest BCUT2D eigenvalue weighted by Crippen LogP contribution is -2.39. The standard InChI is InChI=1S/C16H25NO2/c1-17(2)12-15(16(18)10-4-5-11-16)13-6-8-14(19-3)9-7-13/h6-9,15,18H,4-5,10-12H2,1-3H3/t15-/m1/s1. The summed E-state index contributed by atoms with van der Waals surface area (Å²) in [6, 6.07) is 8.14. The second kappa shape index (κ2) is 5.93. The molecule has 1 fully saturated rings. The van der Waals surface area contributed by atoms with Gasteiger partial charge in [-0.2, -0.15) is 0 Å². The Hall–Kier alpha value is -1.06. The summed E-state index contributed by atoms with van der Waals surface area (Å²) in [6.45, 7) is 0.878. The number of nitrogens with zero attached hydrogens (tertiary/aromatic N) is 1. The number of hydrogen-bond acceptors (Lipinski definition) is 3. The van der Waals surface area contributed by atoms with Crippen molar-refractivity contribution in [2.75, 3.05) is 27.7 Å². The van der Waals surface area contributed by atoms with E-state index in [0.29, 0.717) is 0 Å². The fourth-order valence-electron chi connectivity index (χ4n) is 3.12. The van der Waals surface area contributed by atoms with E-state index < -0.39 is 5.60 Å². The summed E-state index contributed by atoms with van der Waals surface area (Å²) in [5.41, 5.74) is 0.665. The SMILES string of the molecule is COc1ccc([C@@H](CN(C)C)C2(O)CCCC2)cc1. The summed E-state index contributed by atoms with van der Waals surface area (Å²) in [5, 5.41) is 10.9. The van der Waals surface area contributed by atoms with Crippen molar-refractivity contribution in [3.05, 3.63) is 29.8 Å². The topological polar surface area (TPSA) is 32.7 Å². The van der Waals surface area contributed by atoms with Crippen LogP contribution in [0.2, 0.25) is 0 Å². The van der Waals surface area contributed by atoms with Gasteiger partial charge in [0.25, 0.3) is 0 Å². The molecule has 1 saturated carbocycles. The summed E-state index contributed by atoms with van der Waals surface area (Å²) in [6.07, 6.45) is 4.10. The molecule has 0 spiro atoms. The van der Waals surface area contributed by atoms with Crippen LogP contribution in [0.5, 0.6) is 5.75 Å². The van der Waals surface area contributed by atoms with Gasteiger partial charge in [-0.25, -0.2) is 0 Å². The molecule has 0 unspecified atom stereocenters. The second-order valence-corrected chi connectivity index (χ2v) is 5.90. The maximum atomic E-state index is 10.9. The molecule has 0 heterocycles. The average Bonchev–Trinajstić information content (AvgIpc) is 2.84. The molecule has 0 saturated heterocycles. The van der Waals surface area contributed by atoms with Gasteiger partial charge in [0.05, 0.1) is 12.7 Å².